The van der Waals surface area contributed by atoms with Crippen LogP contribution in [0.5, 0.6) is 0 Å². The van der Waals surface area contributed by atoms with E-state index in [9.17, 15) is 9.59 Å². The molecule has 3 aromatic rings. The van der Waals surface area contributed by atoms with Crippen molar-refractivity contribution in [3.8, 4) is 11.1 Å². The van der Waals surface area contributed by atoms with E-state index < -0.39 is 0 Å². The van der Waals surface area contributed by atoms with Crippen LogP contribution in [0.2, 0.25) is 0 Å². The number of nitrogens with one attached hydrogen (secondary N) is 1. The molecule has 134 valence electrons. The maximum absolute atomic E-state index is 12.6. The van der Waals surface area contributed by atoms with Crippen molar-refractivity contribution in [1.29, 1.82) is 0 Å². The Morgan fingerprint density at radius 1 is 1.23 bits per heavy atom. The molecule has 1 N–H and O–H groups in total. The molecule has 0 aliphatic carbocycles. The second-order valence-corrected chi connectivity index (χ2v) is 7.11. The summed E-state index contributed by atoms with van der Waals surface area (Å²) in [6.45, 7) is 4.43. The molecule has 2 heterocycles. The summed E-state index contributed by atoms with van der Waals surface area (Å²) >= 11 is 1.61. The molecule has 0 radical (unpaired) electrons. The van der Waals surface area contributed by atoms with E-state index in [2.05, 4.69) is 15.2 Å². The van der Waals surface area contributed by atoms with Gasteiger partial charge in [0.1, 0.15) is 0 Å². The van der Waals surface area contributed by atoms with Crippen LogP contribution in [0.1, 0.15) is 26.6 Å². The SMILES string of the molecule is Cc1cc(-c2ccc(C(=O)N(C)CCc3scnc3C)cc2)c(=O)[nH]n1. The second kappa shape index (κ2) is 7.61. The fraction of sp³-hybridized carbons (Fsp3) is 0.263. The van der Waals surface area contributed by atoms with Gasteiger partial charge >= 0.3 is 0 Å². The van der Waals surface area contributed by atoms with E-state index in [1.807, 2.05) is 19.4 Å². The number of aromatic nitrogens is 3. The van der Waals surface area contributed by atoms with Crippen LogP contribution in [-0.2, 0) is 6.42 Å². The quantitative estimate of drug-likeness (QED) is 0.751. The van der Waals surface area contributed by atoms with Crippen LogP contribution in [0, 0.1) is 13.8 Å². The van der Waals surface area contributed by atoms with Gasteiger partial charge in [0.05, 0.1) is 22.5 Å². The number of rotatable bonds is 5. The zero-order valence-corrected chi connectivity index (χ0v) is 15.8. The molecule has 0 unspecified atom stereocenters. The summed E-state index contributed by atoms with van der Waals surface area (Å²) < 4.78 is 0. The average Bonchev–Trinajstić information content (AvgIpc) is 3.06. The van der Waals surface area contributed by atoms with Gasteiger partial charge in [-0.15, -0.1) is 11.3 Å². The zero-order chi connectivity index (χ0) is 18.7. The minimum Gasteiger partial charge on any atom is -0.341 e. The van der Waals surface area contributed by atoms with Crippen molar-refractivity contribution in [3.63, 3.8) is 0 Å². The number of likely N-dealkylation sites (N-methyl/N-ethyl adjacent to an activating group) is 1. The zero-order valence-electron chi connectivity index (χ0n) is 14.9. The number of carbonyl (C=O) groups excluding carboxylic acids is 1. The monoisotopic (exact) mass is 368 g/mol. The van der Waals surface area contributed by atoms with E-state index >= 15 is 0 Å². The van der Waals surface area contributed by atoms with E-state index in [0.29, 0.717) is 17.7 Å². The van der Waals surface area contributed by atoms with E-state index in [0.717, 1.165) is 23.4 Å². The highest BCUT2D eigenvalue weighted by atomic mass is 32.1. The molecule has 26 heavy (non-hydrogen) atoms. The van der Waals surface area contributed by atoms with Crippen LogP contribution in [0.25, 0.3) is 11.1 Å². The topological polar surface area (TPSA) is 79.0 Å². The van der Waals surface area contributed by atoms with Crippen LogP contribution < -0.4 is 5.56 Å². The molecule has 1 amide bonds. The minimum atomic E-state index is -0.244. The Labute approximate surface area is 155 Å². The molecular formula is C19H20N4O2S. The predicted octanol–water partition coefficient (Wildman–Crippen LogP) is 2.82. The maximum Gasteiger partial charge on any atom is 0.272 e. The van der Waals surface area contributed by atoms with Crippen molar-refractivity contribution in [2.45, 2.75) is 20.3 Å². The van der Waals surface area contributed by atoms with Crippen LogP contribution in [0.4, 0.5) is 0 Å². The van der Waals surface area contributed by atoms with Gasteiger partial charge in [0.25, 0.3) is 11.5 Å². The highest BCUT2D eigenvalue weighted by molar-refractivity contribution is 7.09. The van der Waals surface area contributed by atoms with E-state index in [4.69, 9.17) is 0 Å². The van der Waals surface area contributed by atoms with Crippen LogP contribution in [0.15, 0.2) is 40.6 Å². The van der Waals surface area contributed by atoms with Crippen molar-refractivity contribution >= 4 is 17.2 Å². The Balaban J connectivity index is 1.71. The van der Waals surface area contributed by atoms with Crippen molar-refractivity contribution in [3.05, 3.63) is 68.0 Å². The lowest BCUT2D eigenvalue weighted by Crippen LogP contribution is -2.28. The lowest BCUT2D eigenvalue weighted by atomic mass is 10.0. The van der Waals surface area contributed by atoms with Crippen LogP contribution in [-0.4, -0.2) is 39.6 Å². The number of aromatic amines is 1. The summed E-state index contributed by atoms with van der Waals surface area (Å²) in [6, 6.07) is 8.82. The fourth-order valence-electron chi connectivity index (χ4n) is 2.67. The number of H-pyrrole nitrogens is 1. The van der Waals surface area contributed by atoms with Gasteiger partial charge in [-0.05, 0) is 37.6 Å². The largest absolute Gasteiger partial charge is 0.341 e. The fourth-order valence-corrected chi connectivity index (χ4v) is 3.44. The molecule has 0 saturated carbocycles. The molecule has 1 aromatic carbocycles. The molecule has 3 rings (SSSR count). The van der Waals surface area contributed by atoms with Crippen LogP contribution in [0.3, 0.4) is 0 Å². The standard InChI is InChI=1S/C19H20N4O2S/c1-12-10-16(18(24)22-21-12)14-4-6-15(7-5-14)19(25)23(3)9-8-17-13(2)20-11-26-17/h4-7,10-11H,8-9H2,1-3H3,(H,22,24). The van der Waals surface area contributed by atoms with Crippen molar-refractivity contribution in [2.24, 2.45) is 0 Å². The highest BCUT2D eigenvalue weighted by Crippen LogP contribution is 2.18. The number of hydrogen-bond donors (Lipinski definition) is 1. The minimum absolute atomic E-state index is 0.0430. The Morgan fingerprint density at radius 3 is 2.62 bits per heavy atom. The predicted molar refractivity (Wildman–Crippen MR) is 103 cm³/mol. The summed E-state index contributed by atoms with van der Waals surface area (Å²) in [7, 11) is 1.80. The number of amides is 1. The maximum atomic E-state index is 12.6. The number of thiazole rings is 1. The molecule has 0 spiro atoms. The highest BCUT2D eigenvalue weighted by Gasteiger charge is 2.13. The Bertz CT molecular complexity index is 976. The van der Waals surface area contributed by atoms with Gasteiger partial charge in [0.2, 0.25) is 0 Å². The summed E-state index contributed by atoms with van der Waals surface area (Å²) in [5, 5.41) is 6.35. The molecule has 0 aliphatic rings. The van der Waals surface area contributed by atoms with Crippen molar-refractivity contribution in [1.82, 2.24) is 20.1 Å². The summed E-state index contributed by atoms with van der Waals surface area (Å²) in [4.78, 5) is 31.7. The molecule has 0 fully saturated rings. The first kappa shape index (κ1) is 18.0. The van der Waals surface area contributed by atoms with Gasteiger partial charge in [-0.2, -0.15) is 5.10 Å². The first-order chi connectivity index (χ1) is 12.5. The van der Waals surface area contributed by atoms with Gasteiger partial charge in [0, 0.05) is 30.5 Å². The Morgan fingerprint density at radius 2 is 1.96 bits per heavy atom. The molecule has 7 heteroatoms. The third-order valence-electron chi connectivity index (χ3n) is 4.24. The van der Waals surface area contributed by atoms with Gasteiger partial charge in [0.15, 0.2) is 0 Å². The first-order valence-corrected chi connectivity index (χ1v) is 9.15. The van der Waals surface area contributed by atoms with Gasteiger partial charge in [-0.25, -0.2) is 10.1 Å². The summed E-state index contributed by atoms with van der Waals surface area (Å²) in [6.07, 6.45) is 0.794. The molecule has 0 aliphatic heterocycles. The van der Waals surface area contributed by atoms with Gasteiger partial charge < -0.3 is 4.90 Å². The summed E-state index contributed by atoms with van der Waals surface area (Å²) in [5.41, 5.74) is 5.25. The smallest absolute Gasteiger partial charge is 0.272 e. The molecule has 0 bridgehead atoms. The number of nitrogens with zero attached hydrogens (tertiary/aromatic N) is 3. The van der Waals surface area contributed by atoms with Crippen molar-refractivity contribution < 1.29 is 4.79 Å². The molecule has 2 aromatic heterocycles. The third-order valence-corrected chi connectivity index (χ3v) is 5.24. The number of hydrogen-bond acceptors (Lipinski definition) is 5. The number of benzene rings is 1. The number of carbonyl (C=O) groups is 1. The average molecular weight is 368 g/mol. The number of aryl methyl sites for hydroxylation is 2. The normalized spacial score (nSPS) is 10.7. The summed E-state index contributed by atoms with van der Waals surface area (Å²) in [5.74, 6) is -0.0430. The van der Waals surface area contributed by atoms with Gasteiger partial charge in [-0.3, -0.25) is 9.59 Å². The Kier molecular flexibility index (Phi) is 5.27. The Hall–Kier alpha value is -2.80. The third kappa shape index (κ3) is 3.88. The van der Waals surface area contributed by atoms with Gasteiger partial charge in [-0.1, -0.05) is 12.1 Å². The molecule has 0 saturated heterocycles. The molecule has 0 atom stereocenters. The lowest BCUT2D eigenvalue weighted by Gasteiger charge is -2.17. The van der Waals surface area contributed by atoms with E-state index in [1.54, 1.807) is 53.6 Å². The second-order valence-electron chi connectivity index (χ2n) is 6.17. The molecular weight excluding hydrogens is 348 g/mol. The first-order valence-electron chi connectivity index (χ1n) is 8.27. The van der Waals surface area contributed by atoms with E-state index in [-0.39, 0.29) is 11.5 Å². The van der Waals surface area contributed by atoms with E-state index in [1.165, 1.54) is 4.88 Å². The molecule has 6 nitrogen and oxygen atoms in total. The lowest BCUT2D eigenvalue weighted by molar-refractivity contribution is 0.0797. The van der Waals surface area contributed by atoms with Crippen molar-refractivity contribution in [2.75, 3.05) is 13.6 Å². The van der Waals surface area contributed by atoms with Crippen LogP contribution >= 0.6 is 11.3 Å².